The van der Waals surface area contributed by atoms with Crippen LogP contribution in [0.25, 0.3) is 0 Å². The Balaban J connectivity index is 2.27. The Hall–Kier alpha value is -2.62. The van der Waals surface area contributed by atoms with Gasteiger partial charge in [-0.3, -0.25) is 4.79 Å². The maximum absolute atomic E-state index is 11.7. The molecule has 2 aromatic rings. The molecular weight excluding hydrogens is 268 g/mol. The molecular formula is C17H16O4. The van der Waals surface area contributed by atoms with Gasteiger partial charge >= 0.3 is 5.97 Å². The van der Waals surface area contributed by atoms with Crippen LogP contribution in [0.3, 0.4) is 0 Å². The number of esters is 1. The molecule has 0 aromatic heterocycles. The van der Waals surface area contributed by atoms with Gasteiger partial charge in [0.15, 0.2) is 5.78 Å². The second kappa shape index (κ2) is 6.70. The number of rotatable bonds is 5. The zero-order valence-electron chi connectivity index (χ0n) is 12.0. The minimum Gasteiger partial charge on any atom is -0.488 e. The van der Waals surface area contributed by atoms with Crippen LogP contribution in [0.15, 0.2) is 48.5 Å². The van der Waals surface area contributed by atoms with Gasteiger partial charge in [0, 0.05) is 5.56 Å². The summed E-state index contributed by atoms with van der Waals surface area (Å²) in [6.45, 7) is 1.78. The van der Waals surface area contributed by atoms with Gasteiger partial charge < -0.3 is 9.47 Å². The van der Waals surface area contributed by atoms with Gasteiger partial charge in [0.25, 0.3) is 0 Å². The first-order chi connectivity index (χ1) is 10.1. The molecule has 2 rings (SSSR count). The lowest BCUT2D eigenvalue weighted by atomic mass is 10.1. The first-order valence-electron chi connectivity index (χ1n) is 6.52. The number of carbonyl (C=O) groups excluding carboxylic acids is 2. The van der Waals surface area contributed by atoms with Crippen LogP contribution in [0.4, 0.5) is 0 Å². The van der Waals surface area contributed by atoms with Crippen molar-refractivity contribution in [3.63, 3.8) is 0 Å². The molecule has 0 heterocycles. The van der Waals surface area contributed by atoms with Crippen molar-refractivity contribution in [2.45, 2.75) is 13.5 Å². The Morgan fingerprint density at radius 3 is 2.38 bits per heavy atom. The van der Waals surface area contributed by atoms with Crippen LogP contribution in [-0.4, -0.2) is 18.9 Å². The molecule has 0 radical (unpaired) electrons. The average molecular weight is 284 g/mol. The number of ether oxygens (including phenoxy) is 2. The molecule has 4 heteroatoms. The minimum absolute atomic E-state index is 0.0871. The standard InChI is InChI=1S/C17H16O4/c1-12(18)14-8-9-15(17(19)20-2)16(10-14)21-11-13-6-4-3-5-7-13/h3-10H,11H2,1-2H3. The maximum atomic E-state index is 11.7. The van der Waals surface area contributed by atoms with E-state index in [0.29, 0.717) is 23.5 Å². The van der Waals surface area contributed by atoms with Crippen molar-refractivity contribution in [1.29, 1.82) is 0 Å². The van der Waals surface area contributed by atoms with Gasteiger partial charge in [-0.25, -0.2) is 4.79 Å². The number of benzene rings is 2. The fourth-order valence-corrected chi connectivity index (χ4v) is 1.87. The Morgan fingerprint density at radius 1 is 1.05 bits per heavy atom. The number of carbonyl (C=O) groups is 2. The molecule has 0 aliphatic heterocycles. The summed E-state index contributed by atoms with van der Waals surface area (Å²) in [5, 5.41) is 0. The van der Waals surface area contributed by atoms with Crippen molar-refractivity contribution in [3.05, 3.63) is 65.2 Å². The van der Waals surface area contributed by atoms with E-state index in [2.05, 4.69) is 0 Å². The van der Waals surface area contributed by atoms with E-state index < -0.39 is 5.97 Å². The van der Waals surface area contributed by atoms with Gasteiger partial charge in [-0.1, -0.05) is 36.4 Å². The van der Waals surface area contributed by atoms with E-state index in [0.717, 1.165) is 5.56 Å². The van der Waals surface area contributed by atoms with Crippen LogP contribution in [0.2, 0.25) is 0 Å². The molecule has 0 N–H and O–H groups in total. The first-order valence-corrected chi connectivity index (χ1v) is 6.52. The average Bonchev–Trinajstić information content (AvgIpc) is 2.52. The number of methoxy groups -OCH3 is 1. The fourth-order valence-electron chi connectivity index (χ4n) is 1.87. The predicted octanol–water partition coefficient (Wildman–Crippen LogP) is 3.25. The van der Waals surface area contributed by atoms with Crippen molar-refractivity contribution in [1.82, 2.24) is 0 Å². The largest absolute Gasteiger partial charge is 0.488 e. The van der Waals surface area contributed by atoms with Crippen molar-refractivity contribution in [2.24, 2.45) is 0 Å². The highest BCUT2D eigenvalue weighted by atomic mass is 16.5. The highest BCUT2D eigenvalue weighted by Gasteiger charge is 2.15. The van der Waals surface area contributed by atoms with Crippen molar-refractivity contribution in [3.8, 4) is 5.75 Å². The monoisotopic (exact) mass is 284 g/mol. The highest BCUT2D eigenvalue weighted by Crippen LogP contribution is 2.23. The predicted molar refractivity (Wildman–Crippen MR) is 78.6 cm³/mol. The summed E-state index contributed by atoms with van der Waals surface area (Å²) in [5.41, 5.74) is 1.77. The van der Waals surface area contributed by atoms with Gasteiger partial charge in [-0.2, -0.15) is 0 Å². The van der Waals surface area contributed by atoms with Crippen LogP contribution in [-0.2, 0) is 11.3 Å². The van der Waals surface area contributed by atoms with Crippen LogP contribution < -0.4 is 4.74 Å². The molecule has 0 spiro atoms. The summed E-state index contributed by atoms with van der Waals surface area (Å²) in [6, 6.07) is 14.3. The Morgan fingerprint density at radius 2 is 1.76 bits per heavy atom. The maximum Gasteiger partial charge on any atom is 0.341 e. The van der Waals surface area contributed by atoms with E-state index in [-0.39, 0.29) is 5.78 Å². The van der Waals surface area contributed by atoms with Crippen LogP contribution in [0, 0.1) is 0 Å². The number of hydrogen-bond acceptors (Lipinski definition) is 4. The third-order valence-electron chi connectivity index (χ3n) is 3.03. The Kier molecular flexibility index (Phi) is 4.72. The van der Waals surface area contributed by atoms with Crippen LogP contribution in [0.5, 0.6) is 5.75 Å². The SMILES string of the molecule is COC(=O)c1ccc(C(C)=O)cc1OCc1ccccc1. The second-order valence-electron chi connectivity index (χ2n) is 4.53. The summed E-state index contributed by atoms with van der Waals surface area (Å²) in [7, 11) is 1.31. The van der Waals surface area contributed by atoms with Gasteiger partial charge in [0.1, 0.15) is 17.9 Å². The Labute approximate surface area is 123 Å². The summed E-state index contributed by atoms with van der Waals surface area (Å²) >= 11 is 0. The number of hydrogen-bond donors (Lipinski definition) is 0. The molecule has 2 aromatic carbocycles. The van der Waals surface area contributed by atoms with E-state index in [1.165, 1.54) is 14.0 Å². The number of Topliss-reactive ketones (excluding diaryl/α,β-unsaturated/α-hetero) is 1. The molecule has 0 aliphatic carbocycles. The number of ketones is 1. The molecule has 0 atom stereocenters. The van der Waals surface area contributed by atoms with Crippen molar-refractivity contribution < 1.29 is 19.1 Å². The summed E-state index contributed by atoms with van der Waals surface area (Å²) in [4.78, 5) is 23.2. The summed E-state index contributed by atoms with van der Waals surface area (Å²) in [5.74, 6) is -0.234. The van der Waals surface area contributed by atoms with Gasteiger partial charge in [-0.15, -0.1) is 0 Å². The van der Waals surface area contributed by atoms with Crippen LogP contribution >= 0.6 is 0 Å². The van der Waals surface area contributed by atoms with E-state index in [4.69, 9.17) is 9.47 Å². The minimum atomic E-state index is -0.492. The normalized spacial score (nSPS) is 10.0. The molecule has 4 nitrogen and oxygen atoms in total. The lowest BCUT2D eigenvalue weighted by Crippen LogP contribution is -2.07. The molecule has 0 saturated carbocycles. The molecule has 0 amide bonds. The molecule has 0 unspecified atom stereocenters. The zero-order chi connectivity index (χ0) is 15.2. The first kappa shape index (κ1) is 14.8. The zero-order valence-corrected chi connectivity index (χ0v) is 12.0. The molecule has 108 valence electrons. The molecule has 0 bridgehead atoms. The molecule has 0 fully saturated rings. The van der Waals surface area contributed by atoms with Gasteiger partial charge in [0.2, 0.25) is 0 Å². The van der Waals surface area contributed by atoms with E-state index in [1.54, 1.807) is 18.2 Å². The van der Waals surface area contributed by atoms with Crippen LogP contribution in [0.1, 0.15) is 33.2 Å². The lowest BCUT2D eigenvalue weighted by molar-refractivity contribution is 0.0595. The Bertz CT molecular complexity index is 647. The van der Waals surface area contributed by atoms with Gasteiger partial charge in [-0.05, 0) is 24.6 Å². The second-order valence-corrected chi connectivity index (χ2v) is 4.53. The summed E-state index contributed by atoms with van der Waals surface area (Å²) < 4.78 is 10.4. The molecule has 0 aliphatic rings. The third-order valence-corrected chi connectivity index (χ3v) is 3.03. The third kappa shape index (κ3) is 3.69. The van der Waals surface area contributed by atoms with Crippen molar-refractivity contribution in [2.75, 3.05) is 7.11 Å². The molecule has 0 saturated heterocycles. The topological polar surface area (TPSA) is 52.6 Å². The fraction of sp³-hybridized carbons (Fsp3) is 0.176. The van der Waals surface area contributed by atoms with E-state index in [1.807, 2.05) is 30.3 Å². The van der Waals surface area contributed by atoms with E-state index >= 15 is 0 Å². The van der Waals surface area contributed by atoms with Gasteiger partial charge in [0.05, 0.1) is 7.11 Å². The van der Waals surface area contributed by atoms with E-state index in [9.17, 15) is 9.59 Å². The molecule has 21 heavy (non-hydrogen) atoms. The highest BCUT2D eigenvalue weighted by molar-refractivity contribution is 5.98. The summed E-state index contributed by atoms with van der Waals surface area (Å²) in [6.07, 6.45) is 0. The smallest absolute Gasteiger partial charge is 0.341 e. The van der Waals surface area contributed by atoms with Crippen molar-refractivity contribution >= 4 is 11.8 Å². The quantitative estimate of drug-likeness (QED) is 0.624. The lowest BCUT2D eigenvalue weighted by Gasteiger charge is -2.11.